The summed E-state index contributed by atoms with van der Waals surface area (Å²) in [5, 5.41) is 1.31. The van der Waals surface area contributed by atoms with E-state index in [0.717, 1.165) is 5.25 Å². The molecule has 0 saturated carbocycles. The van der Waals surface area contributed by atoms with E-state index in [1.807, 2.05) is 18.8 Å². The molecule has 0 aliphatic rings. The van der Waals surface area contributed by atoms with Crippen molar-refractivity contribution < 1.29 is 0 Å². The third-order valence-electron chi connectivity index (χ3n) is 1.64. The van der Waals surface area contributed by atoms with Gasteiger partial charge in [-0.15, -0.1) is 0 Å². The molecule has 0 aliphatic carbocycles. The van der Waals surface area contributed by atoms with Gasteiger partial charge in [0.25, 0.3) is 0 Å². The third-order valence-corrected chi connectivity index (χ3v) is 3.94. The minimum absolute atomic E-state index is 0.566. The summed E-state index contributed by atoms with van der Waals surface area (Å²) < 4.78 is 3.13. The van der Waals surface area contributed by atoms with Gasteiger partial charge in [0, 0.05) is 5.25 Å². The summed E-state index contributed by atoms with van der Waals surface area (Å²) in [5.41, 5.74) is 1.27. The van der Waals surface area contributed by atoms with Gasteiger partial charge in [-0.05, 0) is 31.4 Å². The molecule has 1 N–H and O–H groups in total. The fourth-order valence-corrected chi connectivity index (χ4v) is 2.67. The highest BCUT2D eigenvalue weighted by molar-refractivity contribution is 8.00. The van der Waals surface area contributed by atoms with Gasteiger partial charge in [-0.25, -0.2) is 0 Å². The molecule has 0 aromatic rings. The zero-order chi connectivity index (χ0) is 10.3. The molecule has 0 aromatic carbocycles. The van der Waals surface area contributed by atoms with Crippen LogP contribution in [0.25, 0.3) is 0 Å². The van der Waals surface area contributed by atoms with Crippen molar-refractivity contribution in [1.82, 2.24) is 4.72 Å². The predicted molar refractivity (Wildman–Crippen MR) is 67.5 cm³/mol. The second kappa shape index (κ2) is 7.77. The summed E-state index contributed by atoms with van der Waals surface area (Å²) in [6, 6.07) is 0. The van der Waals surface area contributed by atoms with Crippen LogP contribution in [0.5, 0.6) is 0 Å². The van der Waals surface area contributed by atoms with Gasteiger partial charge in [-0.2, -0.15) is 11.8 Å². The molecule has 1 unspecified atom stereocenters. The molecule has 1 atom stereocenters. The van der Waals surface area contributed by atoms with E-state index in [9.17, 15) is 0 Å². The summed E-state index contributed by atoms with van der Waals surface area (Å²) in [7, 11) is 1.97. The molecular formula is C10H21NS2. The average Bonchev–Trinajstić information content (AvgIpc) is 2.02. The monoisotopic (exact) mass is 219 g/mol. The molecular weight excluding hydrogens is 198 g/mol. The van der Waals surface area contributed by atoms with Crippen molar-refractivity contribution >= 4 is 23.7 Å². The summed E-state index contributed by atoms with van der Waals surface area (Å²) in [4.78, 5) is 0. The van der Waals surface area contributed by atoms with Crippen molar-refractivity contribution in [3.05, 3.63) is 12.2 Å². The van der Waals surface area contributed by atoms with Gasteiger partial charge < -0.3 is 0 Å². The summed E-state index contributed by atoms with van der Waals surface area (Å²) in [6.07, 6.45) is 1.21. The fourth-order valence-electron chi connectivity index (χ4n) is 0.959. The van der Waals surface area contributed by atoms with Crippen LogP contribution in [-0.4, -0.2) is 23.3 Å². The van der Waals surface area contributed by atoms with Gasteiger partial charge in [0.15, 0.2) is 0 Å². The second-order valence-corrected chi connectivity index (χ2v) is 6.26. The Balaban J connectivity index is 3.63. The summed E-state index contributed by atoms with van der Waals surface area (Å²) in [5.74, 6) is 1.23. The van der Waals surface area contributed by atoms with Crippen molar-refractivity contribution in [3.63, 3.8) is 0 Å². The first-order valence-corrected chi connectivity index (χ1v) is 6.60. The minimum atomic E-state index is 0.566. The van der Waals surface area contributed by atoms with Crippen molar-refractivity contribution in [1.29, 1.82) is 0 Å². The Kier molecular flexibility index (Phi) is 8.01. The van der Waals surface area contributed by atoms with Crippen LogP contribution < -0.4 is 4.72 Å². The lowest BCUT2D eigenvalue weighted by Crippen LogP contribution is -2.11. The first kappa shape index (κ1) is 13.4. The van der Waals surface area contributed by atoms with Crippen molar-refractivity contribution in [2.24, 2.45) is 0 Å². The van der Waals surface area contributed by atoms with Gasteiger partial charge >= 0.3 is 0 Å². The number of hydrogen-bond donors (Lipinski definition) is 1. The second-order valence-electron chi connectivity index (χ2n) is 3.37. The van der Waals surface area contributed by atoms with Crippen LogP contribution in [0, 0.1) is 0 Å². The molecule has 1 nitrogen and oxygen atoms in total. The average molecular weight is 219 g/mol. The zero-order valence-electron chi connectivity index (χ0n) is 9.09. The maximum Gasteiger partial charge on any atom is 0.0404 e. The lowest BCUT2D eigenvalue weighted by atomic mass is 10.2. The minimum Gasteiger partial charge on any atom is -0.267 e. The predicted octanol–water partition coefficient (Wildman–Crippen LogP) is 3.33. The molecule has 0 saturated heterocycles. The van der Waals surface area contributed by atoms with E-state index in [1.165, 1.54) is 17.7 Å². The van der Waals surface area contributed by atoms with E-state index in [-0.39, 0.29) is 0 Å². The van der Waals surface area contributed by atoms with Crippen molar-refractivity contribution in [2.45, 2.75) is 37.7 Å². The van der Waals surface area contributed by atoms with Crippen LogP contribution in [0.4, 0.5) is 0 Å². The van der Waals surface area contributed by atoms with Crippen LogP contribution in [0.3, 0.4) is 0 Å². The number of hydrogen-bond acceptors (Lipinski definition) is 3. The SMILES string of the molecule is C=C(C)C(CCSC(C)C)SNC. The highest BCUT2D eigenvalue weighted by Crippen LogP contribution is 2.21. The first-order chi connectivity index (χ1) is 6.07. The highest BCUT2D eigenvalue weighted by atomic mass is 32.2. The van der Waals surface area contributed by atoms with Gasteiger partial charge in [0.2, 0.25) is 0 Å². The normalized spacial score (nSPS) is 13.3. The van der Waals surface area contributed by atoms with Crippen LogP contribution in [0.2, 0.25) is 0 Å². The van der Waals surface area contributed by atoms with E-state index >= 15 is 0 Å². The fraction of sp³-hybridized carbons (Fsp3) is 0.800. The third kappa shape index (κ3) is 7.47. The summed E-state index contributed by atoms with van der Waals surface area (Å²) >= 11 is 3.79. The number of thioether (sulfide) groups is 1. The maximum atomic E-state index is 4.00. The molecule has 0 aliphatic heterocycles. The Hall–Kier alpha value is 0.400. The van der Waals surface area contributed by atoms with Crippen molar-refractivity contribution in [2.75, 3.05) is 12.8 Å². The molecule has 78 valence electrons. The highest BCUT2D eigenvalue weighted by Gasteiger charge is 2.09. The Morgan fingerprint density at radius 1 is 1.46 bits per heavy atom. The number of nitrogens with one attached hydrogen (secondary N) is 1. The quantitative estimate of drug-likeness (QED) is 0.521. The molecule has 0 heterocycles. The van der Waals surface area contributed by atoms with Crippen molar-refractivity contribution in [3.8, 4) is 0 Å². The van der Waals surface area contributed by atoms with E-state index in [2.05, 4.69) is 32.1 Å². The molecule has 0 amide bonds. The van der Waals surface area contributed by atoms with Crippen LogP contribution in [0.15, 0.2) is 12.2 Å². The zero-order valence-corrected chi connectivity index (χ0v) is 10.7. The number of rotatable bonds is 7. The molecule has 13 heavy (non-hydrogen) atoms. The molecule has 0 aromatic heterocycles. The van der Waals surface area contributed by atoms with E-state index in [1.54, 1.807) is 11.9 Å². The largest absolute Gasteiger partial charge is 0.267 e. The Labute approximate surface area is 91.3 Å². The smallest absolute Gasteiger partial charge is 0.0404 e. The molecule has 0 bridgehead atoms. The standard InChI is InChI=1S/C10H21NS2/c1-8(2)10(13-11-5)6-7-12-9(3)4/h9-11H,1,6-7H2,2-5H3. The van der Waals surface area contributed by atoms with Crippen LogP contribution in [-0.2, 0) is 0 Å². The topological polar surface area (TPSA) is 12.0 Å². The molecule has 0 spiro atoms. The van der Waals surface area contributed by atoms with Gasteiger partial charge in [0.1, 0.15) is 0 Å². The van der Waals surface area contributed by atoms with E-state index in [0.29, 0.717) is 5.25 Å². The Morgan fingerprint density at radius 3 is 2.46 bits per heavy atom. The Bertz CT molecular complexity index is 146. The van der Waals surface area contributed by atoms with Gasteiger partial charge in [-0.1, -0.05) is 37.9 Å². The van der Waals surface area contributed by atoms with Crippen LogP contribution >= 0.6 is 23.7 Å². The molecule has 0 fully saturated rings. The summed E-state index contributed by atoms with van der Waals surface area (Å²) in [6.45, 7) is 10.6. The maximum absolute atomic E-state index is 4.00. The van der Waals surface area contributed by atoms with Gasteiger partial charge in [0.05, 0.1) is 0 Å². The molecule has 3 heteroatoms. The lowest BCUT2D eigenvalue weighted by molar-refractivity contribution is 0.928. The first-order valence-electron chi connectivity index (χ1n) is 4.67. The van der Waals surface area contributed by atoms with E-state index in [4.69, 9.17) is 0 Å². The molecule has 0 rings (SSSR count). The lowest BCUT2D eigenvalue weighted by Gasteiger charge is -2.15. The van der Waals surface area contributed by atoms with Crippen LogP contribution in [0.1, 0.15) is 27.2 Å². The Morgan fingerprint density at radius 2 is 2.08 bits per heavy atom. The van der Waals surface area contributed by atoms with E-state index < -0.39 is 0 Å². The molecule has 0 radical (unpaired) electrons. The van der Waals surface area contributed by atoms with Gasteiger partial charge in [-0.3, -0.25) is 4.72 Å².